The molecule has 0 aromatic heterocycles. The van der Waals surface area contributed by atoms with E-state index in [9.17, 15) is 25.8 Å². The van der Waals surface area contributed by atoms with Gasteiger partial charge >= 0.3 is 6.30 Å². The summed E-state index contributed by atoms with van der Waals surface area (Å²) < 4.78 is 84.5. The van der Waals surface area contributed by atoms with Crippen LogP contribution in [0.2, 0.25) is 0 Å². The van der Waals surface area contributed by atoms with E-state index in [0.717, 1.165) is 30.3 Å². The topological polar surface area (TPSA) is 74.7 Å². The molecule has 0 aliphatic carbocycles. The number of halogens is 3. The average Bonchev–Trinajstić information content (AvgIpc) is 2.47. The number of sulfonamides is 1. The minimum Gasteiger partial charge on any atom is -0.302 e. The first-order chi connectivity index (χ1) is 10.7. The van der Waals surface area contributed by atoms with Crippen molar-refractivity contribution in [2.24, 2.45) is 0 Å². The van der Waals surface area contributed by atoms with E-state index in [1.165, 1.54) is 24.3 Å². The molecule has 1 atom stereocenters. The first-order valence-electron chi connectivity index (χ1n) is 6.03. The van der Waals surface area contributed by atoms with Crippen LogP contribution in [0.25, 0.3) is 0 Å². The number of nitrogens with zero attached hydrogens (tertiary/aromatic N) is 1. The minimum absolute atomic E-state index is 0.587. The van der Waals surface area contributed by atoms with Gasteiger partial charge in [0.15, 0.2) is 11.1 Å². The van der Waals surface area contributed by atoms with Gasteiger partial charge in [0.05, 0.1) is 15.5 Å². The first-order valence-corrected chi connectivity index (χ1v) is 8.57. The largest absolute Gasteiger partial charge is 0.498 e. The Morgan fingerprint density at radius 1 is 0.957 bits per heavy atom. The van der Waals surface area contributed by atoms with Gasteiger partial charge in [-0.25, -0.2) is 12.6 Å². The molecule has 124 valence electrons. The average molecular weight is 365 g/mol. The molecule has 0 saturated carbocycles. The maximum absolute atomic E-state index is 13.4. The lowest BCUT2D eigenvalue weighted by Crippen LogP contribution is -2.43. The molecule has 5 nitrogen and oxygen atoms in total. The van der Waals surface area contributed by atoms with Gasteiger partial charge in [-0.3, -0.25) is 0 Å². The van der Waals surface area contributed by atoms with E-state index in [0.29, 0.717) is 0 Å². The zero-order chi connectivity index (χ0) is 17.3. The van der Waals surface area contributed by atoms with Crippen LogP contribution >= 0.6 is 0 Å². The number of alkyl halides is 3. The molecule has 0 amide bonds. The van der Waals surface area contributed by atoms with Crippen molar-refractivity contribution in [1.82, 2.24) is 0 Å². The molecule has 0 spiro atoms. The van der Waals surface area contributed by atoms with Gasteiger partial charge in [-0.2, -0.15) is 4.31 Å². The van der Waals surface area contributed by atoms with Gasteiger partial charge in [-0.1, -0.05) is 30.3 Å². The Labute approximate surface area is 132 Å². The Bertz CT molecular complexity index is 823. The predicted octanol–water partition coefficient (Wildman–Crippen LogP) is 2.98. The van der Waals surface area contributed by atoms with Crippen molar-refractivity contribution in [2.45, 2.75) is 16.1 Å². The second kappa shape index (κ2) is 6.30. The predicted molar refractivity (Wildman–Crippen MR) is 77.6 cm³/mol. The van der Waals surface area contributed by atoms with Crippen molar-refractivity contribution < 1.29 is 30.4 Å². The van der Waals surface area contributed by atoms with Crippen LogP contribution < -0.4 is 4.31 Å². The van der Waals surface area contributed by atoms with Crippen LogP contribution in [0, 0.1) is 0 Å². The molecule has 23 heavy (non-hydrogen) atoms. The Hall–Kier alpha value is -1.91. The fraction of sp³-hybridized carbons (Fsp3) is 0.0769. The number of anilines is 1. The fourth-order valence-electron chi connectivity index (χ4n) is 1.87. The van der Waals surface area contributed by atoms with Gasteiger partial charge in [0.25, 0.3) is 10.0 Å². The molecule has 0 aliphatic heterocycles. The molecule has 1 unspecified atom stereocenters. The lowest BCUT2D eigenvalue weighted by molar-refractivity contribution is -0.116. The second-order valence-corrected chi connectivity index (χ2v) is 6.99. The summed E-state index contributed by atoms with van der Waals surface area (Å²) in [4.78, 5) is -1.25. The van der Waals surface area contributed by atoms with Gasteiger partial charge in [0.2, 0.25) is 0 Å². The fourth-order valence-corrected chi connectivity index (χ4v) is 3.87. The van der Waals surface area contributed by atoms with Crippen molar-refractivity contribution >= 4 is 26.8 Å². The normalized spacial score (nSPS) is 13.6. The Morgan fingerprint density at radius 2 is 1.48 bits per heavy atom. The van der Waals surface area contributed by atoms with Crippen LogP contribution in [0.4, 0.5) is 18.9 Å². The monoisotopic (exact) mass is 365 g/mol. The summed E-state index contributed by atoms with van der Waals surface area (Å²) in [7, 11) is -5.01. The van der Waals surface area contributed by atoms with Crippen molar-refractivity contribution in [3.8, 4) is 0 Å². The first kappa shape index (κ1) is 17.4. The zero-order valence-electron chi connectivity index (χ0n) is 11.3. The van der Waals surface area contributed by atoms with E-state index in [2.05, 4.69) is 0 Å². The number of benzene rings is 2. The van der Waals surface area contributed by atoms with Crippen LogP contribution in [-0.2, 0) is 21.1 Å². The molecule has 0 bridgehead atoms. The summed E-state index contributed by atoms with van der Waals surface area (Å²) in [6.45, 7) is 0. The van der Waals surface area contributed by atoms with Crippen molar-refractivity contribution in [2.75, 3.05) is 4.31 Å². The van der Waals surface area contributed by atoms with Crippen molar-refractivity contribution in [1.29, 1.82) is 0 Å². The molecular formula is C13H10F3NO4S2. The minimum atomic E-state index is -5.32. The van der Waals surface area contributed by atoms with Crippen LogP contribution in [0.1, 0.15) is 0 Å². The Balaban J connectivity index is 2.73. The van der Waals surface area contributed by atoms with E-state index in [1.54, 1.807) is 0 Å². The van der Waals surface area contributed by atoms with Crippen LogP contribution in [0.5, 0.6) is 0 Å². The summed E-state index contributed by atoms with van der Waals surface area (Å²) in [6, 6.07) is 10.2. The van der Waals surface area contributed by atoms with Crippen LogP contribution in [0.15, 0.2) is 64.4 Å². The van der Waals surface area contributed by atoms with E-state index < -0.39 is 47.2 Å². The molecule has 0 aliphatic rings. The lowest BCUT2D eigenvalue weighted by atomic mass is 10.3. The molecule has 0 radical (unpaired) electrons. The summed E-state index contributed by atoms with van der Waals surface area (Å²) in [5.41, 5.74) is -0.926. The summed E-state index contributed by atoms with van der Waals surface area (Å²) >= 11 is -2.79. The molecule has 2 aromatic carbocycles. The zero-order valence-corrected chi connectivity index (χ0v) is 12.9. The Morgan fingerprint density at radius 3 is 2.00 bits per heavy atom. The third kappa shape index (κ3) is 3.54. The maximum Gasteiger partial charge on any atom is 0.498 e. The number of hydrogen-bond acceptors (Lipinski definition) is 3. The smallest absolute Gasteiger partial charge is 0.302 e. The van der Waals surface area contributed by atoms with E-state index >= 15 is 0 Å². The summed E-state index contributed by atoms with van der Waals surface area (Å²) in [5, 5.41) is 0. The highest BCUT2D eigenvalue weighted by molar-refractivity contribution is 7.93. The highest BCUT2D eigenvalue weighted by Gasteiger charge is 2.47. The molecule has 2 aromatic rings. The quantitative estimate of drug-likeness (QED) is 0.668. The highest BCUT2D eigenvalue weighted by Crippen LogP contribution is 2.37. The Kier molecular flexibility index (Phi) is 4.78. The van der Waals surface area contributed by atoms with Crippen LogP contribution in [0.3, 0.4) is 0 Å². The SMILES string of the molecule is O=S(O)c1ccccc1N(C(F)(F)F)S(=O)(=O)c1ccccc1. The lowest BCUT2D eigenvalue weighted by Gasteiger charge is -2.27. The number of rotatable bonds is 4. The molecule has 10 heteroatoms. The van der Waals surface area contributed by atoms with Crippen molar-refractivity contribution in [3.05, 3.63) is 54.6 Å². The van der Waals surface area contributed by atoms with Gasteiger partial charge in [-0.05, 0) is 24.3 Å². The van der Waals surface area contributed by atoms with E-state index in [4.69, 9.17) is 4.55 Å². The number of hydrogen-bond donors (Lipinski definition) is 1. The number of para-hydroxylation sites is 1. The molecule has 0 fully saturated rings. The molecular weight excluding hydrogens is 355 g/mol. The molecule has 0 saturated heterocycles. The van der Waals surface area contributed by atoms with Gasteiger partial charge < -0.3 is 4.55 Å². The van der Waals surface area contributed by atoms with E-state index in [1.807, 2.05) is 0 Å². The second-order valence-electron chi connectivity index (χ2n) is 4.27. The third-order valence-corrected chi connectivity index (χ3v) is 5.26. The third-order valence-electron chi connectivity index (χ3n) is 2.78. The molecule has 1 N–H and O–H groups in total. The van der Waals surface area contributed by atoms with Crippen LogP contribution in [-0.4, -0.2) is 23.5 Å². The van der Waals surface area contributed by atoms with Crippen molar-refractivity contribution in [3.63, 3.8) is 0 Å². The molecule has 0 heterocycles. The van der Waals surface area contributed by atoms with E-state index in [-0.39, 0.29) is 0 Å². The summed E-state index contributed by atoms with van der Waals surface area (Å²) in [6.07, 6.45) is -5.32. The van der Waals surface area contributed by atoms with Gasteiger partial charge in [-0.15, -0.1) is 13.2 Å². The standard InChI is InChI=1S/C13H10F3NO4S2/c14-13(15,16)17(11-8-4-5-9-12(11)22(18)19)23(20,21)10-6-2-1-3-7-10/h1-9H,(H,18,19). The highest BCUT2D eigenvalue weighted by atomic mass is 32.2. The van der Waals surface area contributed by atoms with Gasteiger partial charge in [0, 0.05) is 0 Å². The summed E-state index contributed by atoms with van der Waals surface area (Å²) in [5.74, 6) is 0. The molecule has 2 rings (SSSR count). The van der Waals surface area contributed by atoms with Gasteiger partial charge in [0.1, 0.15) is 0 Å². The maximum atomic E-state index is 13.4.